The lowest BCUT2D eigenvalue weighted by Gasteiger charge is -2.15. The molecule has 0 radical (unpaired) electrons. The van der Waals surface area contributed by atoms with E-state index in [-0.39, 0.29) is 0 Å². The van der Waals surface area contributed by atoms with Gasteiger partial charge in [-0.3, -0.25) is 0 Å². The summed E-state index contributed by atoms with van der Waals surface area (Å²) in [5.74, 6) is 0. The fourth-order valence-corrected chi connectivity index (χ4v) is 2.23. The van der Waals surface area contributed by atoms with Gasteiger partial charge < -0.3 is 21.7 Å². The molecular formula is C13H22N4. The first-order valence-electron chi connectivity index (χ1n) is 6.37. The van der Waals surface area contributed by atoms with Gasteiger partial charge in [-0.15, -0.1) is 0 Å². The number of likely N-dealkylation sites (tertiary alicyclic amines) is 1. The number of benzene rings is 1. The highest BCUT2D eigenvalue weighted by atomic mass is 15.1. The van der Waals surface area contributed by atoms with Crippen molar-refractivity contribution in [2.45, 2.75) is 19.3 Å². The van der Waals surface area contributed by atoms with Crippen LogP contribution in [0, 0.1) is 0 Å². The Labute approximate surface area is 103 Å². The van der Waals surface area contributed by atoms with Crippen molar-refractivity contribution in [3.63, 3.8) is 0 Å². The molecule has 0 unspecified atom stereocenters. The summed E-state index contributed by atoms with van der Waals surface area (Å²) in [5, 5.41) is 3.37. The van der Waals surface area contributed by atoms with Crippen molar-refractivity contribution in [2.75, 3.05) is 43.0 Å². The molecule has 1 aliphatic heterocycles. The highest BCUT2D eigenvalue weighted by Gasteiger charge is 2.09. The van der Waals surface area contributed by atoms with Crippen LogP contribution in [0.15, 0.2) is 18.2 Å². The molecular weight excluding hydrogens is 212 g/mol. The third-order valence-electron chi connectivity index (χ3n) is 3.27. The molecule has 4 nitrogen and oxygen atoms in total. The zero-order chi connectivity index (χ0) is 12.1. The van der Waals surface area contributed by atoms with E-state index in [9.17, 15) is 0 Å². The molecule has 1 saturated heterocycles. The second-order valence-corrected chi connectivity index (χ2v) is 4.67. The molecule has 5 N–H and O–H groups in total. The maximum Gasteiger partial charge on any atom is 0.0568 e. The zero-order valence-corrected chi connectivity index (χ0v) is 10.3. The Hall–Kier alpha value is -1.42. The minimum absolute atomic E-state index is 0.646. The number of nitrogens with zero attached hydrogens (tertiary/aromatic N) is 1. The summed E-state index contributed by atoms with van der Waals surface area (Å²) in [6.07, 6.45) is 3.90. The van der Waals surface area contributed by atoms with Gasteiger partial charge in [-0.25, -0.2) is 0 Å². The third-order valence-corrected chi connectivity index (χ3v) is 3.27. The van der Waals surface area contributed by atoms with Crippen LogP contribution in [0.25, 0.3) is 0 Å². The standard InChI is InChI=1S/C13H22N4/c14-12-5-4-11(10-13(12)15)16-6-3-9-17-7-1-2-8-17/h4-5,10,16H,1-3,6-9,14-15H2. The Kier molecular flexibility index (Phi) is 4.09. The van der Waals surface area contributed by atoms with Crippen LogP contribution in [0.2, 0.25) is 0 Å². The molecule has 17 heavy (non-hydrogen) atoms. The molecule has 0 aliphatic carbocycles. The van der Waals surface area contributed by atoms with Crippen molar-refractivity contribution in [3.8, 4) is 0 Å². The van der Waals surface area contributed by atoms with Crippen molar-refractivity contribution < 1.29 is 0 Å². The SMILES string of the molecule is Nc1ccc(NCCCN2CCCC2)cc1N. The normalized spacial score (nSPS) is 16.2. The lowest BCUT2D eigenvalue weighted by molar-refractivity contribution is 0.337. The Morgan fingerprint density at radius 2 is 1.88 bits per heavy atom. The quantitative estimate of drug-likeness (QED) is 0.536. The Bertz CT molecular complexity index is 358. The summed E-state index contributed by atoms with van der Waals surface area (Å²) in [4.78, 5) is 2.53. The van der Waals surface area contributed by atoms with Gasteiger partial charge in [0.2, 0.25) is 0 Å². The van der Waals surface area contributed by atoms with E-state index in [1.54, 1.807) is 0 Å². The van der Waals surface area contributed by atoms with Crippen molar-refractivity contribution in [1.82, 2.24) is 4.90 Å². The van der Waals surface area contributed by atoms with Crippen LogP contribution in [-0.2, 0) is 0 Å². The molecule has 4 heteroatoms. The van der Waals surface area contributed by atoms with Gasteiger partial charge in [0.25, 0.3) is 0 Å². The van der Waals surface area contributed by atoms with Gasteiger partial charge >= 0.3 is 0 Å². The summed E-state index contributed by atoms with van der Waals surface area (Å²) >= 11 is 0. The fourth-order valence-electron chi connectivity index (χ4n) is 2.23. The largest absolute Gasteiger partial charge is 0.397 e. The molecule has 0 aromatic heterocycles. The smallest absolute Gasteiger partial charge is 0.0568 e. The zero-order valence-electron chi connectivity index (χ0n) is 10.3. The predicted octanol–water partition coefficient (Wildman–Crippen LogP) is 1.75. The topological polar surface area (TPSA) is 67.3 Å². The van der Waals surface area contributed by atoms with Crippen LogP contribution in [-0.4, -0.2) is 31.1 Å². The van der Waals surface area contributed by atoms with Gasteiger partial charge in [-0.2, -0.15) is 0 Å². The van der Waals surface area contributed by atoms with Crippen LogP contribution < -0.4 is 16.8 Å². The van der Waals surface area contributed by atoms with Crippen molar-refractivity contribution >= 4 is 17.1 Å². The number of nitrogens with one attached hydrogen (secondary N) is 1. The second kappa shape index (κ2) is 5.77. The fraction of sp³-hybridized carbons (Fsp3) is 0.538. The Morgan fingerprint density at radius 3 is 2.59 bits per heavy atom. The lowest BCUT2D eigenvalue weighted by atomic mass is 10.2. The number of hydrogen-bond donors (Lipinski definition) is 3. The Morgan fingerprint density at radius 1 is 1.12 bits per heavy atom. The van der Waals surface area contributed by atoms with Crippen LogP contribution in [0.5, 0.6) is 0 Å². The summed E-state index contributed by atoms with van der Waals surface area (Å²) in [6, 6.07) is 5.71. The van der Waals surface area contributed by atoms with E-state index < -0.39 is 0 Å². The molecule has 0 saturated carbocycles. The monoisotopic (exact) mass is 234 g/mol. The van der Waals surface area contributed by atoms with Crippen molar-refractivity contribution in [1.29, 1.82) is 0 Å². The molecule has 0 spiro atoms. The summed E-state index contributed by atoms with van der Waals surface area (Å²) in [6.45, 7) is 4.72. The van der Waals surface area contributed by atoms with E-state index in [0.29, 0.717) is 11.4 Å². The van der Waals surface area contributed by atoms with E-state index in [4.69, 9.17) is 11.5 Å². The molecule has 1 fully saturated rings. The van der Waals surface area contributed by atoms with Crippen molar-refractivity contribution in [3.05, 3.63) is 18.2 Å². The van der Waals surface area contributed by atoms with Gasteiger partial charge in [0.05, 0.1) is 11.4 Å². The molecule has 1 aromatic carbocycles. The van der Waals surface area contributed by atoms with Crippen LogP contribution in [0.3, 0.4) is 0 Å². The molecule has 0 amide bonds. The minimum atomic E-state index is 0.646. The van der Waals surface area contributed by atoms with E-state index in [1.165, 1.54) is 38.9 Å². The van der Waals surface area contributed by atoms with Crippen LogP contribution in [0.1, 0.15) is 19.3 Å². The summed E-state index contributed by atoms with van der Waals surface area (Å²) in [7, 11) is 0. The molecule has 0 bridgehead atoms. The molecule has 1 aromatic rings. The molecule has 1 aliphatic rings. The van der Waals surface area contributed by atoms with E-state index in [2.05, 4.69) is 10.2 Å². The van der Waals surface area contributed by atoms with Gasteiger partial charge in [0.15, 0.2) is 0 Å². The minimum Gasteiger partial charge on any atom is -0.397 e. The average molecular weight is 234 g/mol. The summed E-state index contributed by atoms with van der Waals surface area (Å²) in [5.41, 5.74) is 13.8. The van der Waals surface area contributed by atoms with Crippen LogP contribution >= 0.6 is 0 Å². The van der Waals surface area contributed by atoms with Gasteiger partial charge in [0.1, 0.15) is 0 Å². The number of anilines is 3. The number of rotatable bonds is 5. The maximum absolute atomic E-state index is 5.75. The molecule has 0 atom stereocenters. The van der Waals surface area contributed by atoms with Gasteiger partial charge in [0, 0.05) is 12.2 Å². The van der Waals surface area contributed by atoms with Crippen molar-refractivity contribution in [2.24, 2.45) is 0 Å². The maximum atomic E-state index is 5.75. The number of hydrogen-bond acceptors (Lipinski definition) is 4. The lowest BCUT2D eigenvalue weighted by Crippen LogP contribution is -2.22. The van der Waals surface area contributed by atoms with E-state index in [1.807, 2.05) is 18.2 Å². The second-order valence-electron chi connectivity index (χ2n) is 4.67. The van der Waals surface area contributed by atoms with Gasteiger partial charge in [-0.05, 0) is 57.1 Å². The number of nitrogen functional groups attached to an aromatic ring is 2. The third kappa shape index (κ3) is 3.53. The first-order valence-corrected chi connectivity index (χ1v) is 6.37. The molecule has 2 rings (SSSR count). The van der Waals surface area contributed by atoms with Crippen LogP contribution in [0.4, 0.5) is 17.1 Å². The highest BCUT2D eigenvalue weighted by molar-refractivity contribution is 5.69. The first-order chi connectivity index (χ1) is 8.25. The van der Waals surface area contributed by atoms with E-state index >= 15 is 0 Å². The first kappa shape index (κ1) is 12.0. The van der Waals surface area contributed by atoms with Gasteiger partial charge in [-0.1, -0.05) is 0 Å². The Balaban J connectivity index is 1.68. The highest BCUT2D eigenvalue weighted by Crippen LogP contribution is 2.19. The van der Waals surface area contributed by atoms with E-state index in [0.717, 1.165) is 12.2 Å². The average Bonchev–Trinajstić information content (AvgIpc) is 2.82. The number of nitrogens with two attached hydrogens (primary N) is 2. The predicted molar refractivity (Wildman–Crippen MR) is 74.0 cm³/mol. The summed E-state index contributed by atoms with van der Waals surface area (Å²) < 4.78 is 0. The molecule has 94 valence electrons. The molecule has 1 heterocycles.